The first-order valence-corrected chi connectivity index (χ1v) is 7.58. The third-order valence-electron chi connectivity index (χ3n) is 3.71. The van der Waals surface area contributed by atoms with Gasteiger partial charge < -0.3 is 5.32 Å². The van der Waals surface area contributed by atoms with E-state index in [1.165, 1.54) is 6.07 Å². The molecule has 0 aliphatic carbocycles. The number of hydrazine groups is 1. The summed E-state index contributed by atoms with van der Waals surface area (Å²) in [5, 5.41) is 2.87. The number of carbonyl (C=O) groups excluding carboxylic acids is 1. The summed E-state index contributed by atoms with van der Waals surface area (Å²) in [6, 6.07) is 6.80. The van der Waals surface area contributed by atoms with Crippen LogP contribution in [0, 0.1) is 11.7 Å². The summed E-state index contributed by atoms with van der Waals surface area (Å²) in [5.41, 5.74) is 6.83. The Morgan fingerprint density at radius 1 is 1.38 bits per heavy atom. The van der Waals surface area contributed by atoms with Gasteiger partial charge in [0.1, 0.15) is 11.9 Å². The maximum absolute atomic E-state index is 13.5. The first-order chi connectivity index (χ1) is 10.1. The van der Waals surface area contributed by atoms with Crippen LogP contribution in [0.2, 0.25) is 0 Å². The average molecular weight is 293 g/mol. The Hall–Kier alpha value is -1.46. The second-order valence-corrected chi connectivity index (χ2v) is 6.04. The largest absolute Gasteiger partial charge is 0.354 e. The fraction of sp³-hybridized carbons (Fsp3) is 0.562. The maximum atomic E-state index is 13.5. The van der Waals surface area contributed by atoms with Gasteiger partial charge in [0.25, 0.3) is 0 Å². The van der Waals surface area contributed by atoms with Gasteiger partial charge in [0, 0.05) is 12.6 Å². The molecule has 1 fully saturated rings. The molecule has 0 radical (unpaired) electrons. The van der Waals surface area contributed by atoms with Gasteiger partial charge in [-0.1, -0.05) is 32.0 Å². The molecule has 21 heavy (non-hydrogen) atoms. The van der Waals surface area contributed by atoms with Crippen LogP contribution in [-0.2, 0) is 11.2 Å². The standard InChI is InChI=1S/C16H24FN3O/c1-11(2)9-13-10-15(20-19-13)16(21)18-8-7-12-5-3-4-6-14(12)17/h3-6,11,13,15,19-20H,7-10H2,1-2H3,(H,18,21). The lowest BCUT2D eigenvalue weighted by atomic mass is 10.00. The van der Waals surface area contributed by atoms with Gasteiger partial charge in [-0.25, -0.2) is 9.82 Å². The van der Waals surface area contributed by atoms with E-state index in [1.54, 1.807) is 18.2 Å². The smallest absolute Gasteiger partial charge is 0.238 e. The highest BCUT2D eigenvalue weighted by Crippen LogP contribution is 2.14. The molecule has 0 saturated carbocycles. The molecule has 1 saturated heterocycles. The van der Waals surface area contributed by atoms with Crippen LogP contribution in [0.3, 0.4) is 0 Å². The Labute approximate surface area is 125 Å². The highest BCUT2D eigenvalue weighted by Gasteiger charge is 2.29. The van der Waals surface area contributed by atoms with E-state index in [0.717, 1.165) is 12.8 Å². The molecular weight excluding hydrogens is 269 g/mol. The van der Waals surface area contributed by atoms with Gasteiger partial charge in [-0.2, -0.15) is 0 Å². The number of rotatable bonds is 6. The van der Waals surface area contributed by atoms with Crippen molar-refractivity contribution in [3.8, 4) is 0 Å². The molecule has 116 valence electrons. The normalized spacial score (nSPS) is 21.7. The molecule has 2 unspecified atom stereocenters. The molecular formula is C16H24FN3O. The van der Waals surface area contributed by atoms with Crippen LogP contribution in [0.25, 0.3) is 0 Å². The van der Waals surface area contributed by atoms with Crippen LogP contribution < -0.4 is 16.2 Å². The SMILES string of the molecule is CC(C)CC1CC(C(=O)NCCc2ccccc2F)NN1. The minimum atomic E-state index is -0.218. The van der Waals surface area contributed by atoms with Crippen molar-refractivity contribution in [3.05, 3.63) is 35.6 Å². The van der Waals surface area contributed by atoms with Crippen molar-refractivity contribution in [2.24, 2.45) is 5.92 Å². The average Bonchev–Trinajstić information content (AvgIpc) is 2.88. The van der Waals surface area contributed by atoms with Crippen molar-refractivity contribution >= 4 is 5.91 Å². The molecule has 1 aliphatic heterocycles. The summed E-state index contributed by atoms with van der Waals surface area (Å²) in [6.45, 7) is 4.79. The van der Waals surface area contributed by atoms with Gasteiger partial charge in [0.05, 0.1) is 0 Å². The fourth-order valence-electron chi connectivity index (χ4n) is 2.66. The van der Waals surface area contributed by atoms with E-state index in [4.69, 9.17) is 0 Å². The third-order valence-corrected chi connectivity index (χ3v) is 3.71. The summed E-state index contributed by atoms with van der Waals surface area (Å²) < 4.78 is 13.5. The van der Waals surface area contributed by atoms with Gasteiger partial charge in [-0.15, -0.1) is 0 Å². The zero-order valence-corrected chi connectivity index (χ0v) is 12.7. The lowest BCUT2D eigenvalue weighted by Gasteiger charge is -2.12. The monoisotopic (exact) mass is 293 g/mol. The number of halogens is 1. The van der Waals surface area contributed by atoms with Gasteiger partial charge >= 0.3 is 0 Å². The molecule has 4 nitrogen and oxygen atoms in total. The lowest BCUT2D eigenvalue weighted by molar-refractivity contribution is -0.122. The Kier molecular flexibility index (Phi) is 5.70. The third kappa shape index (κ3) is 4.79. The van der Waals surface area contributed by atoms with Crippen molar-refractivity contribution in [1.29, 1.82) is 0 Å². The van der Waals surface area contributed by atoms with E-state index in [0.29, 0.717) is 30.5 Å². The number of benzene rings is 1. The number of amides is 1. The molecule has 1 aromatic carbocycles. The summed E-state index contributed by atoms with van der Waals surface area (Å²) in [4.78, 5) is 12.0. The zero-order valence-electron chi connectivity index (χ0n) is 12.7. The second-order valence-electron chi connectivity index (χ2n) is 6.04. The highest BCUT2D eigenvalue weighted by molar-refractivity contribution is 5.82. The Morgan fingerprint density at radius 2 is 2.14 bits per heavy atom. The molecule has 1 heterocycles. The molecule has 2 atom stereocenters. The molecule has 1 aromatic rings. The van der Waals surface area contributed by atoms with Crippen LogP contribution in [-0.4, -0.2) is 24.5 Å². The van der Waals surface area contributed by atoms with Gasteiger partial charge in [0.2, 0.25) is 5.91 Å². The fourth-order valence-corrected chi connectivity index (χ4v) is 2.66. The number of nitrogens with one attached hydrogen (secondary N) is 3. The van der Waals surface area contributed by atoms with Crippen molar-refractivity contribution in [2.75, 3.05) is 6.54 Å². The second kappa shape index (κ2) is 7.52. The number of hydrogen-bond acceptors (Lipinski definition) is 3. The predicted molar refractivity (Wildman–Crippen MR) is 81.0 cm³/mol. The van der Waals surface area contributed by atoms with E-state index in [9.17, 15) is 9.18 Å². The summed E-state index contributed by atoms with van der Waals surface area (Å²) in [7, 11) is 0. The first kappa shape index (κ1) is 15.9. The summed E-state index contributed by atoms with van der Waals surface area (Å²) >= 11 is 0. The van der Waals surface area contributed by atoms with Crippen LogP contribution in [0.15, 0.2) is 24.3 Å². The predicted octanol–water partition coefficient (Wildman–Crippen LogP) is 1.77. The number of hydrogen-bond donors (Lipinski definition) is 3. The molecule has 1 aliphatic rings. The summed E-state index contributed by atoms with van der Waals surface area (Å²) in [6.07, 6.45) is 2.35. The highest BCUT2D eigenvalue weighted by atomic mass is 19.1. The van der Waals surface area contributed by atoms with E-state index >= 15 is 0 Å². The Morgan fingerprint density at radius 3 is 2.86 bits per heavy atom. The van der Waals surface area contributed by atoms with E-state index in [-0.39, 0.29) is 17.8 Å². The van der Waals surface area contributed by atoms with Gasteiger partial charge in [0.15, 0.2) is 0 Å². The zero-order chi connectivity index (χ0) is 15.2. The quantitative estimate of drug-likeness (QED) is 0.749. The van der Waals surface area contributed by atoms with E-state index in [1.807, 2.05) is 0 Å². The minimum Gasteiger partial charge on any atom is -0.354 e. The first-order valence-electron chi connectivity index (χ1n) is 7.58. The van der Waals surface area contributed by atoms with Gasteiger partial charge in [-0.3, -0.25) is 10.2 Å². The minimum absolute atomic E-state index is 0.0231. The van der Waals surface area contributed by atoms with Crippen LogP contribution in [0.5, 0.6) is 0 Å². The van der Waals surface area contributed by atoms with Crippen molar-refractivity contribution < 1.29 is 9.18 Å². The van der Waals surface area contributed by atoms with Crippen molar-refractivity contribution in [1.82, 2.24) is 16.2 Å². The Bertz CT molecular complexity index is 478. The molecule has 5 heteroatoms. The molecule has 2 rings (SSSR count). The lowest BCUT2D eigenvalue weighted by Crippen LogP contribution is -2.44. The van der Waals surface area contributed by atoms with Gasteiger partial charge in [-0.05, 0) is 36.8 Å². The molecule has 0 aromatic heterocycles. The van der Waals surface area contributed by atoms with E-state index < -0.39 is 0 Å². The molecule has 1 amide bonds. The maximum Gasteiger partial charge on any atom is 0.238 e. The topological polar surface area (TPSA) is 53.2 Å². The summed E-state index contributed by atoms with van der Waals surface area (Å²) in [5.74, 6) is 0.363. The number of carbonyl (C=O) groups is 1. The van der Waals surface area contributed by atoms with Crippen LogP contribution in [0.4, 0.5) is 4.39 Å². The van der Waals surface area contributed by atoms with Crippen LogP contribution >= 0.6 is 0 Å². The molecule has 0 spiro atoms. The van der Waals surface area contributed by atoms with Crippen molar-refractivity contribution in [2.45, 2.75) is 45.2 Å². The molecule has 3 N–H and O–H groups in total. The molecule has 0 bridgehead atoms. The Balaban J connectivity index is 1.72. The van der Waals surface area contributed by atoms with Crippen LogP contribution in [0.1, 0.15) is 32.3 Å². The van der Waals surface area contributed by atoms with E-state index in [2.05, 4.69) is 30.0 Å². The van der Waals surface area contributed by atoms with Crippen molar-refractivity contribution in [3.63, 3.8) is 0 Å².